The van der Waals surface area contributed by atoms with Crippen LogP contribution < -0.4 is 5.32 Å². The second-order valence-electron chi connectivity index (χ2n) is 5.28. The van der Waals surface area contributed by atoms with Gasteiger partial charge >= 0.3 is 0 Å². The van der Waals surface area contributed by atoms with Gasteiger partial charge in [-0.05, 0) is 26.0 Å². The molecule has 0 aliphatic carbocycles. The van der Waals surface area contributed by atoms with Gasteiger partial charge in [0, 0.05) is 24.7 Å². The molecule has 1 aromatic heterocycles. The van der Waals surface area contributed by atoms with Crippen molar-refractivity contribution in [3.8, 4) is 0 Å². The van der Waals surface area contributed by atoms with E-state index in [-0.39, 0.29) is 11.9 Å². The van der Waals surface area contributed by atoms with E-state index >= 15 is 0 Å². The highest BCUT2D eigenvalue weighted by Gasteiger charge is 2.04. The fourth-order valence-electron chi connectivity index (χ4n) is 1.82. The lowest BCUT2D eigenvalue weighted by Gasteiger charge is -2.09. The molecule has 0 aromatic carbocycles. The van der Waals surface area contributed by atoms with Gasteiger partial charge in [-0.25, -0.2) is 4.98 Å². The number of Topliss-reactive ketones (excluding diaryl/α,β-unsaturated/α-hetero) is 1. The van der Waals surface area contributed by atoms with E-state index in [1.807, 2.05) is 20.8 Å². The molecule has 130 valence electrons. The predicted molar refractivity (Wildman–Crippen MR) is 90.1 cm³/mol. The summed E-state index contributed by atoms with van der Waals surface area (Å²) in [6, 6.07) is 3.50. The van der Waals surface area contributed by atoms with Crippen LogP contribution in [0.5, 0.6) is 0 Å². The second-order valence-corrected chi connectivity index (χ2v) is 5.28. The minimum absolute atomic E-state index is 0.116. The standard InChI is InChI=1S/C17H28N2O4/c1-4-16(20)15-5-6-18-17(13-15)19-7-8-21-9-10-22-11-12-23-14(2)3/h5-6,13-14H,4,7-12H2,1-3H3,(H,18,19). The Balaban J connectivity index is 2.04. The van der Waals surface area contributed by atoms with Crippen LogP contribution in [0, 0.1) is 0 Å². The van der Waals surface area contributed by atoms with Crippen LogP contribution in [0.4, 0.5) is 5.82 Å². The second kappa shape index (κ2) is 12.0. The first kappa shape index (κ1) is 19.5. The van der Waals surface area contributed by atoms with Crippen molar-refractivity contribution in [2.75, 3.05) is 44.9 Å². The van der Waals surface area contributed by atoms with Gasteiger partial charge in [0.2, 0.25) is 0 Å². The molecule has 0 unspecified atom stereocenters. The Hall–Kier alpha value is -1.50. The van der Waals surface area contributed by atoms with Crippen molar-refractivity contribution in [1.29, 1.82) is 0 Å². The van der Waals surface area contributed by atoms with Gasteiger partial charge in [0.05, 0.1) is 39.1 Å². The van der Waals surface area contributed by atoms with Crippen molar-refractivity contribution < 1.29 is 19.0 Å². The van der Waals surface area contributed by atoms with E-state index < -0.39 is 0 Å². The van der Waals surface area contributed by atoms with Crippen LogP contribution in [0.15, 0.2) is 18.3 Å². The molecule has 0 amide bonds. The molecule has 1 rings (SSSR count). The Labute approximate surface area is 138 Å². The molecule has 0 spiro atoms. The van der Waals surface area contributed by atoms with E-state index in [9.17, 15) is 4.79 Å². The number of hydrogen-bond donors (Lipinski definition) is 1. The summed E-state index contributed by atoms with van der Waals surface area (Å²) in [7, 11) is 0. The van der Waals surface area contributed by atoms with Gasteiger partial charge in [-0.15, -0.1) is 0 Å². The summed E-state index contributed by atoms with van der Waals surface area (Å²) in [5.74, 6) is 0.806. The summed E-state index contributed by atoms with van der Waals surface area (Å²) in [5, 5.41) is 3.14. The molecular formula is C17H28N2O4. The van der Waals surface area contributed by atoms with Gasteiger partial charge in [-0.2, -0.15) is 0 Å². The van der Waals surface area contributed by atoms with Gasteiger partial charge in [0.1, 0.15) is 5.82 Å². The summed E-state index contributed by atoms with van der Waals surface area (Å²) in [6.45, 7) is 9.33. The third kappa shape index (κ3) is 9.28. The Morgan fingerprint density at radius 1 is 1.17 bits per heavy atom. The van der Waals surface area contributed by atoms with Crippen molar-refractivity contribution in [3.05, 3.63) is 23.9 Å². The molecule has 0 radical (unpaired) electrons. The summed E-state index contributed by atoms with van der Waals surface area (Å²) in [4.78, 5) is 15.8. The highest BCUT2D eigenvalue weighted by atomic mass is 16.5. The smallest absolute Gasteiger partial charge is 0.162 e. The zero-order valence-electron chi connectivity index (χ0n) is 14.3. The van der Waals surface area contributed by atoms with Crippen LogP contribution in [-0.4, -0.2) is 56.5 Å². The summed E-state index contributed by atoms with van der Waals surface area (Å²) >= 11 is 0. The summed E-state index contributed by atoms with van der Waals surface area (Å²) in [5.41, 5.74) is 0.683. The van der Waals surface area contributed by atoms with Gasteiger partial charge in [-0.3, -0.25) is 4.79 Å². The molecule has 1 heterocycles. The Kier molecular flexibility index (Phi) is 10.2. The number of anilines is 1. The number of hydrogen-bond acceptors (Lipinski definition) is 6. The zero-order chi connectivity index (χ0) is 16.9. The molecule has 0 fully saturated rings. The van der Waals surface area contributed by atoms with E-state index in [0.29, 0.717) is 57.4 Å². The van der Waals surface area contributed by atoms with Gasteiger partial charge in [-0.1, -0.05) is 6.92 Å². The molecule has 1 aromatic rings. The van der Waals surface area contributed by atoms with Gasteiger partial charge in [0.25, 0.3) is 0 Å². The minimum Gasteiger partial charge on any atom is -0.377 e. The Morgan fingerprint density at radius 2 is 1.87 bits per heavy atom. The largest absolute Gasteiger partial charge is 0.377 e. The Morgan fingerprint density at radius 3 is 2.57 bits per heavy atom. The lowest BCUT2D eigenvalue weighted by Crippen LogP contribution is -2.15. The van der Waals surface area contributed by atoms with Crippen molar-refractivity contribution in [2.24, 2.45) is 0 Å². The number of rotatable bonds is 13. The van der Waals surface area contributed by atoms with Crippen LogP contribution in [0.2, 0.25) is 0 Å². The fourth-order valence-corrected chi connectivity index (χ4v) is 1.82. The highest BCUT2D eigenvalue weighted by molar-refractivity contribution is 5.96. The maximum atomic E-state index is 11.6. The van der Waals surface area contributed by atoms with Crippen LogP contribution in [0.3, 0.4) is 0 Å². The molecule has 0 saturated heterocycles. The highest BCUT2D eigenvalue weighted by Crippen LogP contribution is 2.08. The summed E-state index contributed by atoms with van der Waals surface area (Å²) < 4.78 is 16.2. The van der Waals surface area contributed by atoms with Crippen molar-refractivity contribution in [1.82, 2.24) is 4.98 Å². The molecule has 6 nitrogen and oxygen atoms in total. The number of carbonyl (C=O) groups excluding carboxylic acids is 1. The van der Waals surface area contributed by atoms with E-state index in [0.717, 1.165) is 0 Å². The Bertz CT molecular complexity index is 452. The SMILES string of the molecule is CCC(=O)c1ccnc(NCCOCCOCCOC(C)C)c1. The molecule has 1 N–H and O–H groups in total. The number of nitrogens with one attached hydrogen (secondary N) is 1. The van der Waals surface area contributed by atoms with Crippen LogP contribution in [0.25, 0.3) is 0 Å². The molecule has 6 heteroatoms. The van der Waals surface area contributed by atoms with Crippen molar-refractivity contribution >= 4 is 11.6 Å². The molecule has 0 aliphatic heterocycles. The number of aromatic nitrogens is 1. The fraction of sp³-hybridized carbons (Fsp3) is 0.647. The molecule has 0 saturated carbocycles. The monoisotopic (exact) mass is 324 g/mol. The van der Waals surface area contributed by atoms with Crippen molar-refractivity contribution in [3.63, 3.8) is 0 Å². The molecule has 0 aliphatic rings. The van der Waals surface area contributed by atoms with Crippen LogP contribution >= 0.6 is 0 Å². The predicted octanol–water partition coefficient (Wildman–Crippen LogP) is 2.54. The number of nitrogens with zero attached hydrogens (tertiary/aromatic N) is 1. The first-order valence-electron chi connectivity index (χ1n) is 8.13. The van der Waals surface area contributed by atoms with Crippen LogP contribution in [-0.2, 0) is 14.2 Å². The lowest BCUT2D eigenvalue weighted by atomic mass is 10.1. The number of pyridine rings is 1. The molecule has 0 atom stereocenters. The van der Waals surface area contributed by atoms with Crippen molar-refractivity contribution in [2.45, 2.75) is 33.3 Å². The maximum Gasteiger partial charge on any atom is 0.162 e. The number of ether oxygens (including phenoxy) is 3. The topological polar surface area (TPSA) is 69.7 Å². The third-order valence-corrected chi connectivity index (χ3v) is 3.01. The molecule has 0 bridgehead atoms. The zero-order valence-corrected chi connectivity index (χ0v) is 14.3. The maximum absolute atomic E-state index is 11.6. The molecular weight excluding hydrogens is 296 g/mol. The lowest BCUT2D eigenvalue weighted by molar-refractivity contribution is -0.000248. The normalized spacial score (nSPS) is 11.0. The molecule has 23 heavy (non-hydrogen) atoms. The van der Waals surface area contributed by atoms with E-state index in [1.165, 1.54) is 0 Å². The van der Waals surface area contributed by atoms with Crippen LogP contribution in [0.1, 0.15) is 37.6 Å². The minimum atomic E-state index is 0.116. The third-order valence-electron chi connectivity index (χ3n) is 3.01. The average Bonchev–Trinajstić information content (AvgIpc) is 2.55. The quantitative estimate of drug-likeness (QED) is 0.444. The number of ketones is 1. The number of carbonyl (C=O) groups is 1. The van der Waals surface area contributed by atoms with Gasteiger partial charge < -0.3 is 19.5 Å². The summed E-state index contributed by atoms with van der Waals surface area (Å²) in [6.07, 6.45) is 2.37. The van der Waals surface area contributed by atoms with E-state index in [4.69, 9.17) is 14.2 Å². The average molecular weight is 324 g/mol. The van der Waals surface area contributed by atoms with Gasteiger partial charge in [0.15, 0.2) is 5.78 Å². The van der Waals surface area contributed by atoms with E-state index in [2.05, 4.69) is 10.3 Å². The first-order chi connectivity index (χ1) is 11.1. The first-order valence-corrected chi connectivity index (χ1v) is 8.13. The van der Waals surface area contributed by atoms with E-state index in [1.54, 1.807) is 18.3 Å².